The number of allylic oxidation sites excluding steroid dienone is 1. The largest absolute Gasteiger partial charge is 1.00 e. The van der Waals surface area contributed by atoms with Gasteiger partial charge in [0, 0.05) is 0 Å². The summed E-state index contributed by atoms with van der Waals surface area (Å²) in [6.45, 7) is 6.50. The molecule has 0 saturated carbocycles. The molecule has 0 rings (SSSR count). The Kier molecular flexibility index (Phi) is 23.5. The smallest absolute Gasteiger partial charge is 0.245 e. The topological polar surface area (TPSA) is 0 Å². The van der Waals surface area contributed by atoms with E-state index in [4.69, 9.17) is 0 Å². The van der Waals surface area contributed by atoms with Crippen LogP contribution in [0, 0.1) is 6.92 Å². The quantitative estimate of drug-likeness (QED) is 0.349. The predicted octanol–water partition coefficient (Wildman–Crippen LogP) is 1.00. The Morgan fingerprint density at radius 1 is 1.75 bits per heavy atom. The van der Waals surface area contributed by atoms with Crippen LogP contribution in [0.3, 0.4) is 0 Å². The maximum atomic E-state index is 3.25. The van der Waals surface area contributed by atoms with Crippen LogP contribution in [0.4, 0.5) is 0 Å². The summed E-state index contributed by atoms with van der Waals surface area (Å²) in [7, 11) is 0. The first-order valence-electron chi connectivity index (χ1n) is 0.816. The van der Waals surface area contributed by atoms with Crippen molar-refractivity contribution in [2.24, 2.45) is 0 Å². The molecule has 0 aromatic rings. The van der Waals surface area contributed by atoms with Crippen molar-refractivity contribution in [3.8, 4) is 0 Å². The molecular weight excluding hydrogens is 137 g/mol. The van der Waals surface area contributed by atoms with Crippen LogP contribution in [0.15, 0.2) is 12.7 Å². The fraction of sp³-hybridized carbons (Fsp3) is 0. The zero-order valence-electron chi connectivity index (χ0n) is 2.35. The van der Waals surface area contributed by atoms with Gasteiger partial charge in [-0.25, -0.2) is 19.6 Å². The summed E-state index contributed by atoms with van der Waals surface area (Å²) in [5, 5.41) is 0. The molecule has 25 valence electrons. The van der Waals surface area contributed by atoms with Gasteiger partial charge in [-0.05, 0) is 0 Å². The van der Waals surface area contributed by atoms with E-state index in [-0.39, 0.29) is 19.5 Å². The second kappa shape index (κ2) is 10.6. The number of hydrogen-bond acceptors (Lipinski definition) is 0. The van der Waals surface area contributed by atoms with E-state index in [0.717, 1.165) is 0 Å². The predicted molar refractivity (Wildman–Crippen MR) is 15.6 cm³/mol. The Labute approximate surface area is 39.7 Å². The van der Waals surface area contributed by atoms with E-state index in [1.165, 1.54) is 6.08 Å². The van der Waals surface area contributed by atoms with Crippen LogP contribution in [0.1, 0.15) is 0 Å². The van der Waals surface area contributed by atoms with Crippen molar-refractivity contribution >= 4 is 0 Å². The second-order valence-electron chi connectivity index (χ2n) is 0.289. The summed E-state index contributed by atoms with van der Waals surface area (Å²) in [6, 6.07) is 0. The molecule has 4 heavy (non-hydrogen) atoms. The van der Waals surface area contributed by atoms with Crippen LogP contribution in [-0.4, -0.2) is 0 Å². The molecule has 1 radical (unpaired) electrons. The molecule has 0 aliphatic rings. The van der Waals surface area contributed by atoms with Crippen LogP contribution in [-0.2, 0) is 19.5 Å². The van der Waals surface area contributed by atoms with Crippen LogP contribution < -0.4 is 0 Å². The molecule has 0 N–H and O–H groups in total. The van der Waals surface area contributed by atoms with Gasteiger partial charge >= 0.3 is 19.5 Å². The van der Waals surface area contributed by atoms with Crippen LogP contribution in [0.2, 0.25) is 0 Å². The van der Waals surface area contributed by atoms with Crippen LogP contribution >= 0.6 is 0 Å². The normalized spacial score (nSPS) is 3.00. The molecule has 0 unspecified atom stereocenters. The van der Waals surface area contributed by atoms with Gasteiger partial charge in [-0.15, -0.1) is 0 Å². The SMILES string of the molecule is C=C[CH2-].[Ru+]. The first-order chi connectivity index (χ1) is 1.41. The summed E-state index contributed by atoms with van der Waals surface area (Å²) in [5.41, 5.74) is 0. The van der Waals surface area contributed by atoms with Crippen molar-refractivity contribution in [3.63, 3.8) is 0 Å². The van der Waals surface area contributed by atoms with Gasteiger partial charge < -0.3 is 0 Å². The van der Waals surface area contributed by atoms with Gasteiger partial charge in [0.2, 0.25) is 0 Å². The van der Waals surface area contributed by atoms with Crippen molar-refractivity contribution in [2.75, 3.05) is 0 Å². The van der Waals surface area contributed by atoms with Gasteiger partial charge in [0.05, 0.1) is 0 Å². The Bertz CT molecular complexity index is 10.8. The molecule has 0 bridgehead atoms. The first kappa shape index (κ1) is 8.87. The number of rotatable bonds is 0. The van der Waals surface area contributed by atoms with E-state index < -0.39 is 0 Å². The van der Waals surface area contributed by atoms with E-state index in [2.05, 4.69) is 13.5 Å². The zero-order chi connectivity index (χ0) is 2.71. The Hall–Kier alpha value is 0.233. The van der Waals surface area contributed by atoms with Gasteiger partial charge in [0.15, 0.2) is 0 Å². The third kappa shape index (κ3) is 62.4. The molecule has 0 nitrogen and oxygen atoms in total. The molecule has 0 saturated heterocycles. The van der Waals surface area contributed by atoms with Crippen molar-refractivity contribution in [1.82, 2.24) is 0 Å². The molecular formula is C3H5Ru. The van der Waals surface area contributed by atoms with E-state index in [1.54, 1.807) is 0 Å². The summed E-state index contributed by atoms with van der Waals surface area (Å²) in [5.74, 6) is 0. The van der Waals surface area contributed by atoms with E-state index in [0.29, 0.717) is 0 Å². The minimum atomic E-state index is 0. The van der Waals surface area contributed by atoms with Gasteiger partial charge in [-0.3, -0.25) is 0 Å². The van der Waals surface area contributed by atoms with Crippen LogP contribution in [0.25, 0.3) is 0 Å². The van der Waals surface area contributed by atoms with Gasteiger partial charge in [0.1, 0.15) is 0 Å². The average molecular weight is 142 g/mol. The minimum Gasteiger partial charge on any atom is -0.245 e. The van der Waals surface area contributed by atoms with Crippen LogP contribution in [0.5, 0.6) is 0 Å². The monoisotopic (exact) mass is 143 g/mol. The zero-order valence-corrected chi connectivity index (χ0v) is 4.08. The summed E-state index contributed by atoms with van der Waals surface area (Å²) >= 11 is 0. The first-order valence-corrected chi connectivity index (χ1v) is 0.816. The molecule has 0 aromatic heterocycles. The average Bonchev–Trinajstić information content (AvgIpc) is 0.918. The standard InChI is InChI=1S/C3H5.Ru/c1-3-2;/h3H,1-2H2;/q-1;+1. The van der Waals surface area contributed by atoms with E-state index >= 15 is 0 Å². The van der Waals surface area contributed by atoms with Crippen molar-refractivity contribution < 1.29 is 19.5 Å². The molecule has 0 atom stereocenters. The Morgan fingerprint density at radius 2 is 1.75 bits per heavy atom. The van der Waals surface area contributed by atoms with E-state index in [9.17, 15) is 0 Å². The third-order valence-electron chi connectivity index (χ3n) is 0. The Balaban J connectivity index is 0. The molecule has 0 amide bonds. The summed E-state index contributed by atoms with van der Waals surface area (Å²) < 4.78 is 0. The number of hydrogen-bond donors (Lipinski definition) is 0. The summed E-state index contributed by atoms with van der Waals surface area (Å²) in [4.78, 5) is 0. The molecule has 0 spiro atoms. The minimum absolute atomic E-state index is 0. The van der Waals surface area contributed by atoms with Gasteiger partial charge in [-0.2, -0.15) is 0 Å². The van der Waals surface area contributed by atoms with Crippen molar-refractivity contribution in [2.45, 2.75) is 0 Å². The molecule has 1 heteroatoms. The van der Waals surface area contributed by atoms with Crippen molar-refractivity contribution in [1.29, 1.82) is 0 Å². The van der Waals surface area contributed by atoms with Gasteiger partial charge in [0.25, 0.3) is 0 Å². The molecule has 0 heterocycles. The maximum absolute atomic E-state index is 3.25. The Morgan fingerprint density at radius 3 is 1.75 bits per heavy atom. The maximum Gasteiger partial charge on any atom is 1.00 e. The van der Waals surface area contributed by atoms with E-state index in [1.807, 2.05) is 0 Å². The molecule has 0 aliphatic carbocycles. The molecule has 0 aliphatic heterocycles. The fourth-order valence-corrected chi connectivity index (χ4v) is 0. The molecule has 0 fully saturated rings. The fourth-order valence-electron chi connectivity index (χ4n) is 0. The summed E-state index contributed by atoms with van der Waals surface area (Å²) in [6.07, 6.45) is 1.50. The third-order valence-corrected chi connectivity index (χ3v) is 0. The van der Waals surface area contributed by atoms with Crippen molar-refractivity contribution in [3.05, 3.63) is 19.6 Å². The van der Waals surface area contributed by atoms with Gasteiger partial charge in [-0.1, -0.05) is 0 Å². The molecule has 0 aromatic carbocycles. The second-order valence-corrected chi connectivity index (χ2v) is 0.289.